The predicted molar refractivity (Wildman–Crippen MR) is 146 cm³/mol. The summed E-state index contributed by atoms with van der Waals surface area (Å²) in [5, 5.41) is 11.1. The van der Waals surface area contributed by atoms with Gasteiger partial charge in [0, 0.05) is 36.7 Å². The minimum Gasteiger partial charge on any atom is -0.493 e. The summed E-state index contributed by atoms with van der Waals surface area (Å²) in [7, 11) is 0.584. The third-order valence-corrected chi connectivity index (χ3v) is 6.72. The number of allylic oxidation sites excluding steroid dienone is 2. The number of benzene rings is 2. The third kappa shape index (κ3) is 6.15. The molecule has 4 N–H and O–H groups in total. The highest BCUT2D eigenvalue weighted by Gasteiger charge is 2.20. The van der Waals surface area contributed by atoms with E-state index < -0.39 is 15.2 Å². The molecular weight excluding hydrogens is 526 g/mol. The lowest BCUT2D eigenvalue weighted by atomic mass is 9.92. The summed E-state index contributed by atoms with van der Waals surface area (Å²) >= 11 is 0. The van der Waals surface area contributed by atoms with Crippen molar-refractivity contribution < 1.29 is 27.6 Å². The van der Waals surface area contributed by atoms with E-state index in [-0.39, 0.29) is 35.3 Å². The molecule has 2 aromatic carbocycles. The van der Waals surface area contributed by atoms with Gasteiger partial charge in [0.05, 0.1) is 24.0 Å². The van der Waals surface area contributed by atoms with Gasteiger partial charge in [0.15, 0.2) is 11.5 Å². The fraction of sp³-hybridized carbons (Fsp3) is 0.192. The van der Waals surface area contributed by atoms with Crippen molar-refractivity contribution >= 4 is 38.2 Å². The second kappa shape index (κ2) is 11.6. The lowest BCUT2D eigenvalue weighted by molar-refractivity contribution is -0.384. The first-order valence-corrected chi connectivity index (χ1v) is 12.6. The van der Waals surface area contributed by atoms with E-state index in [1.165, 1.54) is 26.4 Å². The van der Waals surface area contributed by atoms with Crippen LogP contribution in [0.25, 0.3) is 5.57 Å². The fourth-order valence-electron chi connectivity index (χ4n) is 4.05. The molecule has 1 heterocycles. The van der Waals surface area contributed by atoms with Crippen LogP contribution in [-0.2, 0) is 16.7 Å². The molecule has 202 valence electrons. The van der Waals surface area contributed by atoms with Crippen LogP contribution in [0.15, 0.2) is 60.3 Å². The summed E-state index contributed by atoms with van der Waals surface area (Å²) in [6.07, 6.45) is 5.42. The molecule has 1 aliphatic rings. The van der Waals surface area contributed by atoms with Crippen LogP contribution >= 0.6 is 0 Å². The zero-order valence-corrected chi connectivity index (χ0v) is 21.9. The summed E-state index contributed by atoms with van der Waals surface area (Å²) in [6, 6.07) is 9.42. The quantitative estimate of drug-likeness (QED) is 0.226. The largest absolute Gasteiger partial charge is 0.493 e. The molecule has 4 rings (SSSR count). The van der Waals surface area contributed by atoms with Crippen LogP contribution in [0, 0.1) is 10.1 Å². The lowest BCUT2D eigenvalue weighted by Gasteiger charge is -2.20. The minimum absolute atomic E-state index is 0.0480. The van der Waals surface area contributed by atoms with Crippen LogP contribution < -0.4 is 25.7 Å². The van der Waals surface area contributed by atoms with Crippen molar-refractivity contribution in [2.45, 2.75) is 12.8 Å². The van der Waals surface area contributed by atoms with Crippen LogP contribution in [0.1, 0.15) is 23.1 Å². The van der Waals surface area contributed by atoms with E-state index >= 15 is 0 Å². The number of nitrogen functional groups attached to an aromatic ring is 2. The van der Waals surface area contributed by atoms with Crippen molar-refractivity contribution in [3.63, 3.8) is 0 Å². The molecule has 1 aliphatic carbocycles. The number of methoxy groups -OCH3 is 2. The van der Waals surface area contributed by atoms with E-state index in [2.05, 4.69) is 9.97 Å². The number of aromatic nitrogens is 2. The highest BCUT2D eigenvalue weighted by molar-refractivity contribution is 7.73. The maximum atomic E-state index is 11.6. The molecule has 0 unspecified atom stereocenters. The topological polar surface area (TPSA) is 183 Å². The van der Waals surface area contributed by atoms with Crippen molar-refractivity contribution in [1.29, 1.82) is 0 Å². The Morgan fingerprint density at radius 2 is 1.74 bits per heavy atom. The van der Waals surface area contributed by atoms with E-state index in [0.717, 1.165) is 5.56 Å². The van der Waals surface area contributed by atoms with Crippen LogP contribution in [0.3, 0.4) is 0 Å². The standard InChI is InChI=1S/C26H25N5O7S/c1-36-22-10-15(9-18-13-29-26(28)30-25(18)27)11-23(37-2)24(22)38-14-17-5-8-20(39(34)35)12-21(17)16-3-6-19(7-4-16)31(32)33/h3-7,10-13H,8-9,14H2,1-2H3,(H4,27,28,29,30). The Labute approximate surface area is 225 Å². The van der Waals surface area contributed by atoms with Crippen molar-refractivity contribution in [3.8, 4) is 17.2 Å². The molecule has 0 radical (unpaired) electrons. The molecule has 12 nitrogen and oxygen atoms in total. The highest BCUT2D eigenvalue weighted by atomic mass is 32.2. The second-order valence-electron chi connectivity index (χ2n) is 8.43. The van der Waals surface area contributed by atoms with Crippen molar-refractivity contribution in [2.24, 2.45) is 0 Å². The molecule has 0 spiro atoms. The Hall–Kier alpha value is -4.91. The molecule has 0 bridgehead atoms. The molecule has 13 heteroatoms. The normalized spacial score (nSPS) is 12.8. The molecule has 0 saturated heterocycles. The van der Waals surface area contributed by atoms with Gasteiger partial charge in [0.25, 0.3) is 5.69 Å². The molecule has 39 heavy (non-hydrogen) atoms. The maximum Gasteiger partial charge on any atom is 0.269 e. The number of nitro groups is 1. The number of nitrogens with two attached hydrogens (primary N) is 2. The average molecular weight is 552 g/mol. The Kier molecular flexibility index (Phi) is 8.10. The first kappa shape index (κ1) is 27.1. The number of hydrogen-bond acceptors (Lipinski definition) is 11. The predicted octanol–water partition coefficient (Wildman–Crippen LogP) is 3.00. The first-order valence-electron chi connectivity index (χ1n) is 11.6. The van der Waals surface area contributed by atoms with Gasteiger partial charge in [-0.25, -0.2) is 4.98 Å². The van der Waals surface area contributed by atoms with Crippen LogP contribution in [0.2, 0.25) is 0 Å². The number of anilines is 2. The Bertz CT molecular complexity index is 1600. The van der Waals surface area contributed by atoms with Gasteiger partial charge in [-0.2, -0.15) is 13.4 Å². The van der Waals surface area contributed by atoms with Gasteiger partial charge in [-0.15, -0.1) is 0 Å². The number of ether oxygens (including phenoxy) is 3. The molecule has 0 atom stereocenters. The van der Waals surface area contributed by atoms with E-state index in [1.807, 2.05) is 0 Å². The molecule has 1 aromatic heterocycles. The smallest absolute Gasteiger partial charge is 0.269 e. The molecule has 3 aromatic rings. The molecular formula is C26H25N5O7S. The maximum absolute atomic E-state index is 11.6. The minimum atomic E-state index is -2.41. The van der Waals surface area contributed by atoms with Crippen molar-refractivity contribution in [1.82, 2.24) is 9.97 Å². The second-order valence-corrected chi connectivity index (χ2v) is 9.42. The van der Waals surface area contributed by atoms with Crippen LogP contribution in [0.5, 0.6) is 17.2 Å². The van der Waals surface area contributed by atoms with Crippen LogP contribution in [0.4, 0.5) is 17.5 Å². The highest BCUT2D eigenvalue weighted by Crippen LogP contribution is 2.40. The monoisotopic (exact) mass is 551 g/mol. The number of hydrogen-bond donors (Lipinski definition) is 2. The number of nitro benzene ring substituents is 1. The molecule has 0 amide bonds. The summed E-state index contributed by atoms with van der Waals surface area (Å²) in [4.78, 5) is 18.7. The van der Waals surface area contributed by atoms with Gasteiger partial charge >= 0.3 is 0 Å². The zero-order valence-electron chi connectivity index (χ0n) is 21.1. The van der Waals surface area contributed by atoms with Gasteiger partial charge < -0.3 is 25.7 Å². The van der Waals surface area contributed by atoms with Crippen LogP contribution in [-0.4, -0.2) is 49.0 Å². The van der Waals surface area contributed by atoms with Crippen molar-refractivity contribution in [2.75, 3.05) is 32.3 Å². The van der Waals surface area contributed by atoms with E-state index in [9.17, 15) is 18.5 Å². The van der Waals surface area contributed by atoms with Gasteiger partial charge in [-0.3, -0.25) is 10.1 Å². The molecule has 0 aliphatic heterocycles. The lowest BCUT2D eigenvalue weighted by Crippen LogP contribution is -2.11. The summed E-state index contributed by atoms with van der Waals surface area (Å²) in [5.41, 5.74) is 14.8. The fourth-order valence-corrected chi connectivity index (χ4v) is 4.48. The molecule has 0 saturated carbocycles. The van der Waals surface area contributed by atoms with E-state index in [1.54, 1.807) is 42.6 Å². The number of rotatable bonds is 9. The number of nitrogens with zero attached hydrogens (tertiary/aromatic N) is 3. The Morgan fingerprint density at radius 1 is 1.08 bits per heavy atom. The van der Waals surface area contributed by atoms with Gasteiger partial charge in [0.1, 0.15) is 12.4 Å². The zero-order chi connectivity index (χ0) is 28.1. The van der Waals surface area contributed by atoms with Gasteiger partial charge in [0.2, 0.25) is 22.0 Å². The van der Waals surface area contributed by atoms with E-state index in [0.29, 0.717) is 45.9 Å². The molecule has 0 fully saturated rings. The third-order valence-electron chi connectivity index (χ3n) is 6.01. The van der Waals surface area contributed by atoms with Gasteiger partial charge in [-0.1, -0.05) is 6.08 Å². The average Bonchev–Trinajstić information content (AvgIpc) is 2.93. The Morgan fingerprint density at radius 3 is 2.31 bits per heavy atom. The summed E-state index contributed by atoms with van der Waals surface area (Å²) in [5.74, 6) is 1.51. The summed E-state index contributed by atoms with van der Waals surface area (Å²) in [6.45, 7) is 0.0480. The Balaban J connectivity index is 1.63. The van der Waals surface area contributed by atoms with Gasteiger partial charge in [-0.05, 0) is 52.6 Å². The van der Waals surface area contributed by atoms with E-state index in [4.69, 9.17) is 25.7 Å². The summed E-state index contributed by atoms with van der Waals surface area (Å²) < 4.78 is 40.6. The number of non-ortho nitro benzene ring substituents is 1. The van der Waals surface area contributed by atoms with Crippen molar-refractivity contribution in [3.05, 3.63) is 87.1 Å². The SMILES string of the molecule is COc1cc(Cc2cnc(N)nc2N)cc(OC)c1OCC1=CCC(=S(=O)=O)C=C1c1ccc([N+](=O)[O-])cc1. The first-order chi connectivity index (χ1) is 18.7.